The van der Waals surface area contributed by atoms with Crippen LogP contribution in [0.1, 0.15) is 63.9 Å². The molecule has 34 heavy (non-hydrogen) atoms. The summed E-state index contributed by atoms with van der Waals surface area (Å²) in [5, 5.41) is 43.4. The molecule has 3 unspecified atom stereocenters. The van der Waals surface area contributed by atoms with E-state index in [1.165, 1.54) is 12.1 Å². The van der Waals surface area contributed by atoms with Crippen molar-refractivity contribution in [2.75, 3.05) is 6.61 Å². The summed E-state index contributed by atoms with van der Waals surface area (Å²) < 4.78 is 5.29. The second-order valence-electron chi connectivity index (χ2n) is 9.07. The maximum absolute atomic E-state index is 13.5. The maximum atomic E-state index is 13.5. The number of aliphatic hydroxyl groups is 3. The molecule has 1 fully saturated rings. The van der Waals surface area contributed by atoms with Gasteiger partial charge < -0.3 is 25.2 Å². The van der Waals surface area contributed by atoms with Gasteiger partial charge in [-0.15, -0.1) is 0 Å². The molecule has 184 valence electrons. The van der Waals surface area contributed by atoms with Crippen molar-refractivity contribution in [1.29, 1.82) is 0 Å². The Morgan fingerprint density at radius 1 is 1.18 bits per heavy atom. The number of esters is 1. The third-order valence-electron chi connectivity index (χ3n) is 7.00. The van der Waals surface area contributed by atoms with Crippen molar-refractivity contribution in [3.8, 4) is 5.75 Å². The van der Waals surface area contributed by atoms with Crippen LogP contribution >= 0.6 is 0 Å². The van der Waals surface area contributed by atoms with Crippen molar-refractivity contribution >= 4 is 29.1 Å². The third-order valence-corrected chi connectivity index (χ3v) is 7.00. The zero-order chi connectivity index (χ0) is 24.9. The van der Waals surface area contributed by atoms with Crippen molar-refractivity contribution in [2.45, 2.75) is 51.6 Å². The summed E-state index contributed by atoms with van der Waals surface area (Å²) in [6, 6.07) is 2.60. The van der Waals surface area contributed by atoms with Gasteiger partial charge in [-0.2, -0.15) is 0 Å². The first-order valence-electron chi connectivity index (χ1n) is 11.2. The Balaban J connectivity index is 0.00000228. The van der Waals surface area contributed by atoms with Crippen LogP contribution in [-0.2, 0) is 25.5 Å². The molecule has 0 saturated heterocycles. The topological polar surface area (TPSA) is 158 Å². The summed E-state index contributed by atoms with van der Waals surface area (Å²) >= 11 is 0. The normalized spacial score (nSPS) is 26.1. The van der Waals surface area contributed by atoms with Gasteiger partial charge in [-0.05, 0) is 49.8 Å². The fourth-order valence-corrected chi connectivity index (χ4v) is 5.31. The molecular weight excluding hydrogens is 444 g/mol. The molecular formula is C25H30O9. The van der Waals surface area contributed by atoms with E-state index in [1.54, 1.807) is 0 Å². The minimum atomic E-state index is -2.54. The van der Waals surface area contributed by atoms with Crippen LogP contribution in [-0.4, -0.2) is 56.0 Å². The lowest BCUT2D eigenvalue weighted by atomic mass is 9.59. The third kappa shape index (κ3) is 3.34. The molecule has 1 aromatic rings. The molecule has 3 aliphatic carbocycles. The number of hydrogen-bond acceptors (Lipinski definition) is 9. The Hall–Kier alpha value is -3.46. The molecule has 3 aliphatic rings. The molecule has 1 saturated carbocycles. The van der Waals surface area contributed by atoms with Crippen molar-refractivity contribution in [3.63, 3.8) is 0 Å². The number of unbranched alkanes of at least 4 members (excludes halogenated alkanes) is 1. The van der Waals surface area contributed by atoms with Gasteiger partial charge in [0.05, 0.1) is 17.7 Å². The van der Waals surface area contributed by atoms with Crippen LogP contribution in [0.5, 0.6) is 5.75 Å². The number of rotatable bonds is 5. The number of benzene rings is 1. The molecule has 1 aromatic carbocycles. The van der Waals surface area contributed by atoms with Crippen molar-refractivity contribution in [2.24, 2.45) is 11.8 Å². The lowest BCUT2D eigenvalue weighted by Crippen LogP contribution is -2.57. The Labute approximate surface area is 198 Å². The average Bonchev–Trinajstić information content (AvgIpc) is 2.76. The summed E-state index contributed by atoms with van der Waals surface area (Å²) in [7, 11) is 0. The van der Waals surface area contributed by atoms with E-state index in [1.807, 2.05) is 6.92 Å². The second kappa shape index (κ2) is 8.39. The first-order valence-corrected chi connectivity index (χ1v) is 11.2. The SMILES string of the molecule is CCCCOC(=O)c1ccc(O)c2c1CC1CC3CC(=O)C(C(C)=O)=C(O)C3(O)C(=O)C1=C2O.[HH].[HH]. The molecule has 0 spiro atoms. The highest BCUT2D eigenvalue weighted by molar-refractivity contribution is 6.23. The summed E-state index contributed by atoms with van der Waals surface area (Å²) in [6.07, 6.45) is 1.27. The molecule has 0 aliphatic heterocycles. The molecule has 0 radical (unpaired) electrons. The van der Waals surface area contributed by atoms with Gasteiger partial charge in [0.2, 0.25) is 5.78 Å². The minimum Gasteiger partial charge on any atom is -0.508 e. The van der Waals surface area contributed by atoms with Crippen molar-refractivity contribution in [3.05, 3.63) is 45.7 Å². The quantitative estimate of drug-likeness (QED) is 0.286. The molecule has 9 nitrogen and oxygen atoms in total. The first kappa shape index (κ1) is 23.7. The average molecular weight is 475 g/mol. The number of hydrogen-bond donors (Lipinski definition) is 4. The molecule has 3 atom stereocenters. The number of Topliss-reactive ketones (excluding diaryl/α,β-unsaturated/α-hetero) is 3. The Kier molecular flexibility index (Phi) is 5.85. The number of aromatic hydroxyl groups is 1. The number of carbonyl (C=O) groups is 4. The van der Waals surface area contributed by atoms with E-state index >= 15 is 0 Å². The van der Waals surface area contributed by atoms with Crippen molar-refractivity contribution < 1.29 is 47.2 Å². The molecule has 9 heteroatoms. The summed E-state index contributed by atoms with van der Waals surface area (Å²) in [5.74, 6) is -6.79. The van der Waals surface area contributed by atoms with Gasteiger partial charge in [0, 0.05) is 20.8 Å². The van der Waals surface area contributed by atoms with E-state index in [4.69, 9.17) is 4.74 Å². The van der Waals surface area contributed by atoms with Crippen LogP contribution in [0.25, 0.3) is 5.76 Å². The predicted octanol–water partition coefficient (Wildman–Crippen LogP) is 2.98. The van der Waals surface area contributed by atoms with Crippen LogP contribution in [0, 0.1) is 11.8 Å². The first-order chi connectivity index (χ1) is 16.0. The van der Waals surface area contributed by atoms with E-state index in [9.17, 15) is 39.6 Å². The van der Waals surface area contributed by atoms with Gasteiger partial charge in [0.15, 0.2) is 17.2 Å². The Morgan fingerprint density at radius 3 is 2.53 bits per heavy atom. The van der Waals surface area contributed by atoms with Crippen LogP contribution in [0.2, 0.25) is 0 Å². The highest BCUT2D eigenvalue weighted by Gasteiger charge is 2.60. The fourth-order valence-electron chi connectivity index (χ4n) is 5.31. The molecule has 0 heterocycles. The number of carbonyl (C=O) groups excluding carboxylic acids is 4. The number of aliphatic hydroxyl groups excluding tert-OH is 2. The summed E-state index contributed by atoms with van der Waals surface area (Å²) in [6.45, 7) is 3.21. The van der Waals surface area contributed by atoms with Gasteiger partial charge in [-0.25, -0.2) is 4.79 Å². The van der Waals surface area contributed by atoms with Gasteiger partial charge in [0.1, 0.15) is 22.8 Å². The van der Waals surface area contributed by atoms with E-state index in [2.05, 4.69) is 0 Å². The van der Waals surface area contributed by atoms with E-state index in [0.717, 1.165) is 13.3 Å². The lowest BCUT2D eigenvalue weighted by molar-refractivity contribution is -0.147. The number of ketones is 3. The van der Waals surface area contributed by atoms with Crippen LogP contribution in [0.3, 0.4) is 0 Å². The summed E-state index contributed by atoms with van der Waals surface area (Å²) in [5.41, 5.74) is -3.06. The van der Waals surface area contributed by atoms with Crippen molar-refractivity contribution in [1.82, 2.24) is 0 Å². The predicted molar refractivity (Wildman–Crippen MR) is 122 cm³/mol. The fraction of sp³-hybridized carbons (Fsp3) is 0.440. The van der Waals surface area contributed by atoms with E-state index in [0.29, 0.717) is 12.0 Å². The molecule has 0 aromatic heterocycles. The zero-order valence-corrected chi connectivity index (χ0v) is 18.9. The number of ether oxygens (including phenoxy) is 1. The molecule has 4 rings (SSSR count). The van der Waals surface area contributed by atoms with Gasteiger partial charge >= 0.3 is 5.97 Å². The largest absolute Gasteiger partial charge is 0.508 e. The number of phenols is 1. The highest BCUT2D eigenvalue weighted by Crippen LogP contribution is 2.52. The second-order valence-corrected chi connectivity index (χ2v) is 9.07. The van der Waals surface area contributed by atoms with Gasteiger partial charge in [-0.1, -0.05) is 13.3 Å². The van der Waals surface area contributed by atoms with E-state index in [-0.39, 0.29) is 51.2 Å². The smallest absolute Gasteiger partial charge is 0.338 e. The maximum Gasteiger partial charge on any atom is 0.338 e. The highest BCUT2D eigenvalue weighted by atomic mass is 16.5. The Bertz CT molecular complexity index is 1200. The standard InChI is InChI=1S/C25H26O9.2H2/c1-3-4-7-34-24(32)14-5-6-16(27)20-15(14)9-12-8-13-10-17(28)18(11(2)26)22(30)25(13,33)23(31)19(12)21(20)29;;/h5-6,12-13,27,29-30,33H,3-4,7-10H2,1-2H3;2*1H. The minimum absolute atomic E-state index is 0. The van der Waals surface area contributed by atoms with Crippen LogP contribution in [0.4, 0.5) is 0 Å². The number of allylic oxidation sites excluding steroid dienone is 1. The van der Waals surface area contributed by atoms with Crippen LogP contribution < -0.4 is 0 Å². The summed E-state index contributed by atoms with van der Waals surface area (Å²) in [4.78, 5) is 50.5. The number of fused-ring (bicyclic) bond motifs is 3. The monoisotopic (exact) mass is 474 g/mol. The molecule has 4 N–H and O–H groups in total. The van der Waals surface area contributed by atoms with Gasteiger partial charge in [-0.3, -0.25) is 14.4 Å². The molecule has 0 bridgehead atoms. The van der Waals surface area contributed by atoms with Crippen LogP contribution in [0.15, 0.2) is 29.0 Å². The zero-order valence-electron chi connectivity index (χ0n) is 18.9. The molecule has 0 amide bonds. The van der Waals surface area contributed by atoms with E-state index < -0.39 is 57.8 Å². The van der Waals surface area contributed by atoms with Gasteiger partial charge in [0.25, 0.3) is 0 Å². The Morgan fingerprint density at radius 2 is 1.88 bits per heavy atom. The number of phenolic OH excluding ortho intramolecular Hbond substituents is 1. The lowest BCUT2D eigenvalue weighted by Gasteiger charge is -2.46.